The summed E-state index contributed by atoms with van der Waals surface area (Å²) in [5, 5.41) is 9.32. The molecular weight excluding hydrogens is 302 g/mol. The predicted molar refractivity (Wildman–Crippen MR) is 87.6 cm³/mol. The number of thiophene rings is 1. The lowest BCUT2D eigenvalue weighted by Crippen LogP contribution is -2.04. The van der Waals surface area contributed by atoms with E-state index < -0.39 is 0 Å². The van der Waals surface area contributed by atoms with E-state index in [0.717, 1.165) is 22.8 Å². The fourth-order valence-corrected chi connectivity index (χ4v) is 3.18. The molecule has 3 rings (SSSR count). The minimum absolute atomic E-state index is 0.600. The first kappa shape index (κ1) is 14.2. The summed E-state index contributed by atoms with van der Waals surface area (Å²) in [6, 6.07) is 12.3. The minimum Gasteiger partial charge on any atom is -0.384 e. The Balaban J connectivity index is 2.13. The monoisotopic (exact) mass is 317 g/mol. The molecule has 0 saturated heterocycles. The minimum atomic E-state index is 0.600. The summed E-state index contributed by atoms with van der Waals surface area (Å²) in [4.78, 5) is 1.09. The van der Waals surface area contributed by atoms with Crippen LogP contribution in [0.4, 0.5) is 0 Å². The Labute approximate surface area is 132 Å². The van der Waals surface area contributed by atoms with Crippen molar-refractivity contribution < 1.29 is 4.74 Å². The molecule has 1 N–H and O–H groups in total. The zero-order valence-electron chi connectivity index (χ0n) is 11.6. The van der Waals surface area contributed by atoms with Gasteiger partial charge in [-0.3, -0.25) is 9.67 Å². The molecule has 0 atom stereocenters. The molecule has 0 unspecified atom stereocenters. The summed E-state index contributed by atoms with van der Waals surface area (Å²) < 4.78 is 7.79. The topological polar surface area (TPSA) is 42.8 Å². The lowest BCUT2D eigenvalue weighted by atomic mass is 10.1. The molecule has 2 aromatic heterocycles. The van der Waals surface area contributed by atoms with Crippen LogP contribution in [0, 0.1) is 4.77 Å². The fraction of sp³-hybridized carbons (Fsp3) is 0.200. The van der Waals surface area contributed by atoms with Gasteiger partial charge in [-0.15, -0.1) is 11.3 Å². The largest absolute Gasteiger partial charge is 0.384 e. The van der Waals surface area contributed by atoms with Crippen LogP contribution in [0.3, 0.4) is 0 Å². The Kier molecular flexibility index (Phi) is 4.28. The lowest BCUT2D eigenvalue weighted by Gasteiger charge is -2.11. The molecule has 1 aromatic carbocycles. The van der Waals surface area contributed by atoms with E-state index in [1.807, 2.05) is 34.2 Å². The molecule has 0 aliphatic heterocycles. The number of benzene rings is 1. The highest BCUT2D eigenvalue weighted by Crippen LogP contribution is 2.27. The number of H-pyrrole nitrogens is 1. The number of hydrogen-bond donors (Lipinski definition) is 1. The molecular formula is C15H15N3OS2. The Hall–Kier alpha value is -1.76. The van der Waals surface area contributed by atoms with Gasteiger partial charge in [0.15, 0.2) is 10.6 Å². The molecule has 0 amide bonds. The van der Waals surface area contributed by atoms with Crippen molar-refractivity contribution in [2.75, 3.05) is 13.7 Å². The van der Waals surface area contributed by atoms with Gasteiger partial charge < -0.3 is 4.74 Å². The highest BCUT2D eigenvalue weighted by molar-refractivity contribution is 7.71. The number of aromatic amines is 1. The van der Waals surface area contributed by atoms with Crippen LogP contribution >= 0.6 is 23.6 Å². The second kappa shape index (κ2) is 6.34. The van der Waals surface area contributed by atoms with Crippen LogP contribution in [-0.4, -0.2) is 28.5 Å². The van der Waals surface area contributed by atoms with E-state index in [1.165, 1.54) is 5.56 Å². The van der Waals surface area contributed by atoms with Crippen LogP contribution < -0.4 is 0 Å². The quantitative estimate of drug-likeness (QED) is 0.727. The molecule has 21 heavy (non-hydrogen) atoms. The van der Waals surface area contributed by atoms with Gasteiger partial charge in [0, 0.05) is 7.11 Å². The Bertz CT molecular complexity index is 774. The number of rotatable bonds is 5. The third-order valence-corrected chi connectivity index (χ3v) is 4.36. The third kappa shape index (κ3) is 2.83. The molecule has 4 nitrogen and oxygen atoms in total. The van der Waals surface area contributed by atoms with Crippen molar-refractivity contribution in [3.05, 3.63) is 52.1 Å². The van der Waals surface area contributed by atoms with Crippen molar-refractivity contribution in [3.8, 4) is 16.4 Å². The van der Waals surface area contributed by atoms with Gasteiger partial charge >= 0.3 is 0 Å². The number of ether oxygens (including phenoxy) is 1. The first-order valence-corrected chi connectivity index (χ1v) is 7.88. The number of nitrogens with zero attached hydrogens (tertiary/aromatic N) is 2. The van der Waals surface area contributed by atoms with Gasteiger partial charge in [-0.2, -0.15) is 5.10 Å². The second-order valence-electron chi connectivity index (χ2n) is 4.54. The van der Waals surface area contributed by atoms with Crippen LogP contribution in [0.1, 0.15) is 5.56 Å². The lowest BCUT2D eigenvalue weighted by molar-refractivity contribution is 0.202. The summed E-state index contributed by atoms with van der Waals surface area (Å²) in [5.74, 6) is 0.847. The number of aromatic nitrogens is 3. The number of methoxy groups -OCH3 is 1. The molecule has 108 valence electrons. The van der Waals surface area contributed by atoms with Crippen LogP contribution in [0.25, 0.3) is 16.4 Å². The first-order valence-electron chi connectivity index (χ1n) is 6.60. The van der Waals surface area contributed by atoms with Crippen molar-refractivity contribution in [3.63, 3.8) is 0 Å². The average Bonchev–Trinajstić information content (AvgIpc) is 3.14. The van der Waals surface area contributed by atoms with E-state index in [2.05, 4.69) is 22.3 Å². The zero-order valence-corrected chi connectivity index (χ0v) is 13.2. The molecule has 0 radical (unpaired) electrons. The molecule has 2 heterocycles. The van der Waals surface area contributed by atoms with Crippen molar-refractivity contribution in [1.29, 1.82) is 0 Å². The second-order valence-corrected chi connectivity index (χ2v) is 5.87. The number of para-hydroxylation sites is 1. The molecule has 3 aromatic rings. The maximum absolute atomic E-state index is 5.42. The molecule has 0 aliphatic rings. The van der Waals surface area contributed by atoms with Crippen LogP contribution in [0.15, 0.2) is 41.8 Å². The summed E-state index contributed by atoms with van der Waals surface area (Å²) in [6.07, 6.45) is 0.837. The van der Waals surface area contributed by atoms with E-state index in [4.69, 9.17) is 17.0 Å². The number of hydrogen-bond acceptors (Lipinski definition) is 4. The zero-order chi connectivity index (χ0) is 14.7. The Morgan fingerprint density at radius 2 is 2.14 bits per heavy atom. The maximum Gasteiger partial charge on any atom is 0.200 e. The van der Waals surface area contributed by atoms with Crippen LogP contribution in [0.5, 0.6) is 0 Å². The van der Waals surface area contributed by atoms with Gasteiger partial charge in [0.1, 0.15) is 0 Å². The van der Waals surface area contributed by atoms with Gasteiger partial charge in [0.05, 0.1) is 17.2 Å². The van der Waals surface area contributed by atoms with Crippen LogP contribution in [0.2, 0.25) is 0 Å². The molecule has 0 bridgehead atoms. The van der Waals surface area contributed by atoms with E-state index in [0.29, 0.717) is 11.4 Å². The van der Waals surface area contributed by atoms with Gasteiger partial charge in [-0.05, 0) is 41.7 Å². The molecule has 0 aliphatic carbocycles. The SMILES string of the molecule is COCCc1ccccc1-n1c(-c2cccs2)n[nH]c1=S. The van der Waals surface area contributed by atoms with E-state index >= 15 is 0 Å². The predicted octanol–water partition coefficient (Wildman–Crippen LogP) is 3.85. The van der Waals surface area contributed by atoms with Crippen molar-refractivity contribution in [1.82, 2.24) is 14.8 Å². The molecule has 0 spiro atoms. The summed E-state index contributed by atoms with van der Waals surface area (Å²) in [7, 11) is 1.71. The van der Waals surface area contributed by atoms with Gasteiger partial charge in [-0.25, -0.2) is 0 Å². The third-order valence-electron chi connectivity index (χ3n) is 3.22. The Morgan fingerprint density at radius 3 is 2.90 bits per heavy atom. The maximum atomic E-state index is 5.42. The van der Waals surface area contributed by atoms with Crippen molar-refractivity contribution >= 4 is 23.6 Å². The summed E-state index contributed by atoms with van der Waals surface area (Å²) >= 11 is 7.07. The van der Waals surface area contributed by atoms with Gasteiger partial charge in [0.25, 0.3) is 0 Å². The van der Waals surface area contributed by atoms with Crippen molar-refractivity contribution in [2.45, 2.75) is 6.42 Å². The molecule has 0 fully saturated rings. The highest BCUT2D eigenvalue weighted by Gasteiger charge is 2.14. The van der Waals surface area contributed by atoms with Crippen LogP contribution in [-0.2, 0) is 11.2 Å². The summed E-state index contributed by atoms with van der Waals surface area (Å²) in [5.41, 5.74) is 2.24. The van der Waals surface area contributed by atoms with E-state index in [-0.39, 0.29) is 0 Å². The smallest absolute Gasteiger partial charge is 0.200 e. The standard InChI is InChI=1S/C15H15N3OS2/c1-19-9-8-11-5-2-3-6-12(11)18-14(16-17-15(18)20)13-7-4-10-21-13/h2-7,10H,8-9H2,1H3,(H,17,20). The first-order chi connectivity index (χ1) is 10.3. The van der Waals surface area contributed by atoms with E-state index in [9.17, 15) is 0 Å². The number of nitrogens with one attached hydrogen (secondary N) is 1. The normalized spacial score (nSPS) is 10.9. The van der Waals surface area contributed by atoms with Gasteiger partial charge in [-0.1, -0.05) is 24.3 Å². The van der Waals surface area contributed by atoms with E-state index in [1.54, 1.807) is 18.4 Å². The highest BCUT2D eigenvalue weighted by atomic mass is 32.1. The van der Waals surface area contributed by atoms with Gasteiger partial charge in [0.2, 0.25) is 0 Å². The van der Waals surface area contributed by atoms with Crippen molar-refractivity contribution in [2.24, 2.45) is 0 Å². The molecule has 0 saturated carbocycles. The Morgan fingerprint density at radius 1 is 1.29 bits per heavy atom. The fourth-order valence-electron chi connectivity index (χ4n) is 2.24. The summed E-state index contributed by atoms with van der Waals surface area (Å²) in [6.45, 7) is 0.677. The average molecular weight is 317 g/mol. The molecule has 6 heteroatoms.